The lowest BCUT2D eigenvalue weighted by Crippen LogP contribution is -2.19. The molecule has 0 aromatic carbocycles. The molecule has 0 aliphatic heterocycles. The number of anilines is 1. The molecule has 2 heterocycles. The Balaban J connectivity index is 1.95. The molecule has 0 atom stereocenters. The van der Waals surface area contributed by atoms with Gasteiger partial charge >= 0.3 is 6.18 Å². The lowest BCUT2D eigenvalue weighted by molar-refractivity contribution is -0.154. The van der Waals surface area contributed by atoms with Gasteiger partial charge in [0.25, 0.3) is 5.91 Å². The van der Waals surface area contributed by atoms with Crippen LogP contribution < -0.4 is 15.8 Å². The van der Waals surface area contributed by atoms with Crippen LogP contribution in [-0.2, 0) is 11.2 Å². The summed E-state index contributed by atoms with van der Waals surface area (Å²) in [6.07, 6.45) is -3.43. The van der Waals surface area contributed by atoms with Crippen LogP contribution in [0.2, 0.25) is 0 Å². The molecule has 24 heavy (non-hydrogen) atoms. The van der Waals surface area contributed by atoms with E-state index in [-0.39, 0.29) is 23.0 Å². The fourth-order valence-electron chi connectivity index (χ4n) is 1.55. The van der Waals surface area contributed by atoms with Gasteiger partial charge in [0, 0.05) is 17.6 Å². The number of alkyl halides is 3. The van der Waals surface area contributed by atoms with E-state index in [2.05, 4.69) is 20.0 Å². The number of halogens is 3. The van der Waals surface area contributed by atoms with E-state index in [1.54, 1.807) is 5.38 Å². The molecule has 2 amide bonds. The first-order valence-corrected chi connectivity index (χ1v) is 7.30. The summed E-state index contributed by atoms with van der Waals surface area (Å²) >= 11 is 1.11. The van der Waals surface area contributed by atoms with Crippen molar-refractivity contribution < 1.29 is 27.5 Å². The van der Waals surface area contributed by atoms with E-state index in [1.807, 2.05) is 0 Å². The summed E-state index contributed by atoms with van der Waals surface area (Å²) in [5.41, 5.74) is 5.58. The van der Waals surface area contributed by atoms with Crippen LogP contribution in [0.4, 0.5) is 18.3 Å². The first-order chi connectivity index (χ1) is 11.2. The second-order valence-corrected chi connectivity index (χ2v) is 5.39. The Kier molecular flexibility index (Phi) is 5.34. The van der Waals surface area contributed by atoms with Crippen LogP contribution in [0.3, 0.4) is 0 Å². The highest BCUT2D eigenvalue weighted by Crippen LogP contribution is 2.19. The van der Waals surface area contributed by atoms with Gasteiger partial charge in [-0.25, -0.2) is 9.97 Å². The van der Waals surface area contributed by atoms with E-state index in [9.17, 15) is 22.8 Å². The number of amides is 2. The van der Waals surface area contributed by atoms with E-state index in [1.165, 1.54) is 6.07 Å². The third-order valence-electron chi connectivity index (χ3n) is 2.51. The van der Waals surface area contributed by atoms with Crippen molar-refractivity contribution >= 4 is 28.3 Å². The van der Waals surface area contributed by atoms with Gasteiger partial charge in [-0.15, -0.1) is 11.3 Å². The fraction of sp³-hybridized carbons (Fsp3) is 0.231. The van der Waals surface area contributed by atoms with Gasteiger partial charge in [0.2, 0.25) is 11.8 Å². The Bertz CT molecular complexity index is 731. The molecule has 0 saturated carbocycles. The van der Waals surface area contributed by atoms with Crippen molar-refractivity contribution in [3.8, 4) is 5.88 Å². The number of carbonyl (C=O) groups excluding carboxylic acids is 2. The van der Waals surface area contributed by atoms with Crippen molar-refractivity contribution in [3.63, 3.8) is 0 Å². The molecule has 128 valence electrons. The Labute approximate surface area is 137 Å². The van der Waals surface area contributed by atoms with Gasteiger partial charge in [-0.2, -0.15) is 13.2 Å². The molecular formula is C13H11F3N4O3S. The Morgan fingerprint density at radius 3 is 2.67 bits per heavy atom. The van der Waals surface area contributed by atoms with Crippen LogP contribution in [0, 0.1) is 0 Å². The molecular weight excluding hydrogens is 349 g/mol. The smallest absolute Gasteiger partial charge is 0.422 e. The number of hydrogen-bond donors (Lipinski definition) is 2. The average molecular weight is 360 g/mol. The molecule has 0 aliphatic rings. The quantitative estimate of drug-likeness (QED) is 0.816. The molecule has 0 aliphatic carbocycles. The largest absolute Gasteiger partial charge is 0.468 e. The van der Waals surface area contributed by atoms with Crippen molar-refractivity contribution in [1.29, 1.82) is 0 Å². The number of nitrogens with two attached hydrogens (primary N) is 1. The van der Waals surface area contributed by atoms with Crippen LogP contribution >= 0.6 is 11.3 Å². The Hall–Kier alpha value is -2.69. The molecule has 2 aromatic heterocycles. The molecule has 3 N–H and O–H groups in total. The normalized spacial score (nSPS) is 11.1. The van der Waals surface area contributed by atoms with Crippen LogP contribution in [-0.4, -0.2) is 34.6 Å². The molecule has 2 rings (SSSR count). The zero-order chi connectivity index (χ0) is 17.7. The first-order valence-electron chi connectivity index (χ1n) is 6.42. The number of nitrogens with one attached hydrogen (secondary N) is 1. The highest BCUT2D eigenvalue weighted by atomic mass is 32.1. The lowest BCUT2D eigenvalue weighted by atomic mass is 10.3. The zero-order valence-electron chi connectivity index (χ0n) is 12.0. The van der Waals surface area contributed by atoms with Gasteiger partial charge in [0.1, 0.15) is 0 Å². The Morgan fingerprint density at radius 1 is 1.33 bits per heavy atom. The molecule has 2 aromatic rings. The molecule has 0 spiro atoms. The van der Waals surface area contributed by atoms with Gasteiger partial charge in [0.15, 0.2) is 11.7 Å². The predicted octanol–water partition coefficient (Wildman–Crippen LogP) is 1.76. The third kappa shape index (κ3) is 5.50. The molecule has 7 nitrogen and oxygen atoms in total. The standard InChI is InChI=1S/C13H11F3N4O3S/c14-13(15,16)6-23-10-2-1-7(4-18-10)11(22)20-12-19-8(5-24-12)3-9(17)21/h1-2,4-5H,3,6H2,(H2,17,21)(H,19,20,22). The number of primary amides is 1. The van der Waals surface area contributed by atoms with Gasteiger partial charge < -0.3 is 10.5 Å². The SMILES string of the molecule is NC(=O)Cc1csc(NC(=O)c2ccc(OCC(F)(F)F)nc2)n1. The highest BCUT2D eigenvalue weighted by molar-refractivity contribution is 7.14. The first kappa shape index (κ1) is 17.7. The fourth-order valence-corrected chi connectivity index (χ4v) is 2.25. The van der Waals surface area contributed by atoms with Crippen LogP contribution in [0.5, 0.6) is 5.88 Å². The second-order valence-electron chi connectivity index (χ2n) is 4.53. The number of pyridine rings is 1. The van der Waals surface area contributed by atoms with E-state index >= 15 is 0 Å². The van der Waals surface area contributed by atoms with Gasteiger partial charge in [-0.3, -0.25) is 14.9 Å². The predicted molar refractivity (Wildman–Crippen MR) is 78.8 cm³/mol. The second kappa shape index (κ2) is 7.25. The van der Waals surface area contributed by atoms with Gasteiger partial charge in [-0.05, 0) is 6.07 Å². The topological polar surface area (TPSA) is 107 Å². The van der Waals surface area contributed by atoms with Crippen LogP contribution in [0.1, 0.15) is 16.1 Å². The van der Waals surface area contributed by atoms with Gasteiger partial charge in [-0.1, -0.05) is 0 Å². The molecule has 11 heteroatoms. The number of ether oxygens (including phenoxy) is 1. The molecule has 0 unspecified atom stereocenters. The summed E-state index contributed by atoms with van der Waals surface area (Å²) < 4.78 is 40.5. The van der Waals surface area contributed by atoms with E-state index in [4.69, 9.17) is 5.73 Å². The van der Waals surface area contributed by atoms with Crippen molar-refractivity contribution in [3.05, 3.63) is 35.0 Å². The molecule has 0 saturated heterocycles. The van der Waals surface area contributed by atoms with Crippen LogP contribution in [0.25, 0.3) is 0 Å². The summed E-state index contributed by atoms with van der Waals surface area (Å²) in [6, 6.07) is 2.42. The number of nitrogens with zero attached hydrogens (tertiary/aromatic N) is 2. The maximum atomic E-state index is 12.0. The minimum absolute atomic E-state index is 0.0425. The summed E-state index contributed by atoms with van der Waals surface area (Å²) in [5, 5.41) is 4.32. The number of thiazole rings is 1. The third-order valence-corrected chi connectivity index (χ3v) is 3.32. The summed E-state index contributed by atoms with van der Waals surface area (Å²) in [7, 11) is 0. The summed E-state index contributed by atoms with van der Waals surface area (Å²) in [4.78, 5) is 30.4. The van der Waals surface area contributed by atoms with Crippen molar-refractivity contribution in [1.82, 2.24) is 9.97 Å². The average Bonchev–Trinajstić information content (AvgIpc) is 2.91. The van der Waals surface area contributed by atoms with Crippen molar-refractivity contribution in [2.24, 2.45) is 5.73 Å². The number of carbonyl (C=O) groups is 2. The van der Waals surface area contributed by atoms with E-state index in [0.717, 1.165) is 23.6 Å². The number of aromatic nitrogens is 2. The number of hydrogen-bond acceptors (Lipinski definition) is 6. The highest BCUT2D eigenvalue weighted by Gasteiger charge is 2.28. The Morgan fingerprint density at radius 2 is 2.08 bits per heavy atom. The zero-order valence-corrected chi connectivity index (χ0v) is 12.8. The van der Waals surface area contributed by atoms with Crippen molar-refractivity contribution in [2.45, 2.75) is 12.6 Å². The molecule has 0 fully saturated rings. The summed E-state index contributed by atoms with van der Waals surface area (Å²) in [6.45, 7) is -1.46. The summed E-state index contributed by atoms with van der Waals surface area (Å²) in [5.74, 6) is -1.34. The maximum Gasteiger partial charge on any atom is 0.422 e. The minimum Gasteiger partial charge on any atom is -0.468 e. The maximum absolute atomic E-state index is 12.0. The van der Waals surface area contributed by atoms with Gasteiger partial charge in [0.05, 0.1) is 17.7 Å². The lowest BCUT2D eigenvalue weighted by Gasteiger charge is -2.08. The van der Waals surface area contributed by atoms with E-state index < -0.39 is 24.6 Å². The molecule has 0 radical (unpaired) electrons. The monoisotopic (exact) mass is 360 g/mol. The number of rotatable bonds is 6. The minimum atomic E-state index is -4.47. The van der Waals surface area contributed by atoms with Crippen molar-refractivity contribution in [2.75, 3.05) is 11.9 Å². The van der Waals surface area contributed by atoms with Crippen LogP contribution in [0.15, 0.2) is 23.7 Å². The molecule has 0 bridgehead atoms. The van der Waals surface area contributed by atoms with E-state index in [0.29, 0.717) is 5.69 Å².